The van der Waals surface area contributed by atoms with Gasteiger partial charge in [0.15, 0.2) is 0 Å². The molecule has 0 atom stereocenters. The summed E-state index contributed by atoms with van der Waals surface area (Å²) in [4.78, 5) is 25.5. The van der Waals surface area contributed by atoms with Gasteiger partial charge < -0.3 is 4.74 Å². The minimum absolute atomic E-state index is 0.250. The van der Waals surface area contributed by atoms with Crippen LogP contribution in [-0.4, -0.2) is 25.7 Å². The zero-order chi connectivity index (χ0) is 19.9. The van der Waals surface area contributed by atoms with Crippen LogP contribution in [0.25, 0.3) is 17.0 Å². The van der Waals surface area contributed by atoms with Gasteiger partial charge in [0, 0.05) is 11.9 Å². The molecule has 0 N–H and O–H groups in total. The third kappa shape index (κ3) is 4.11. The molecular weight excluding hydrogens is 356 g/mol. The van der Waals surface area contributed by atoms with Crippen LogP contribution >= 0.6 is 0 Å². The van der Waals surface area contributed by atoms with Crippen molar-refractivity contribution in [1.82, 2.24) is 19.6 Å². The van der Waals surface area contributed by atoms with Gasteiger partial charge in [0.05, 0.1) is 0 Å². The molecule has 0 spiro atoms. The predicted octanol–water partition coefficient (Wildman–Crippen LogP) is 3.87. The van der Waals surface area contributed by atoms with Crippen LogP contribution in [0.4, 0.5) is 0 Å². The number of aromatic nitrogens is 4. The molecule has 0 unspecified atom stereocenters. The number of fused-ring (bicyclic) bond motifs is 1. The molecule has 0 fully saturated rings. The van der Waals surface area contributed by atoms with Crippen LogP contribution in [0, 0.1) is 6.92 Å². The van der Waals surface area contributed by atoms with Crippen molar-refractivity contribution in [2.75, 3.05) is 0 Å². The van der Waals surface area contributed by atoms with Crippen molar-refractivity contribution in [2.24, 2.45) is 0 Å². The van der Waals surface area contributed by atoms with Crippen molar-refractivity contribution in [3.8, 4) is 23.1 Å². The van der Waals surface area contributed by atoms with Gasteiger partial charge in [-0.1, -0.05) is 31.2 Å². The molecule has 140 valence electrons. The number of para-hydroxylation sites is 1. The Labute approximate surface area is 161 Å². The van der Waals surface area contributed by atoms with Crippen molar-refractivity contribution < 1.29 is 14.3 Å². The molecule has 1 aromatic carbocycles. The Balaban J connectivity index is 0.000000706. The number of hydrogen-bond donors (Lipinski definition) is 0. The van der Waals surface area contributed by atoms with E-state index >= 15 is 0 Å². The van der Waals surface area contributed by atoms with E-state index in [2.05, 4.69) is 28.1 Å². The number of ether oxygens (including phenoxy) is 1. The average Bonchev–Trinajstić information content (AvgIpc) is 3.13. The molecule has 4 rings (SSSR count). The van der Waals surface area contributed by atoms with Gasteiger partial charge in [-0.3, -0.25) is 0 Å². The van der Waals surface area contributed by atoms with Crippen LogP contribution < -0.4 is 4.74 Å². The van der Waals surface area contributed by atoms with Gasteiger partial charge in [-0.05, 0) is 49.2 Å². The van der Waals surface area contributed by atoms with Crippen molar-refractivity contribution in [3.05, 3.63) is 72.1 Å². The number of hydrogen-bond acceptors (Lipinski definition) is 6. The predicted molar refractivity (Wildman–Crippen MR) is 102 cm³/mol. The molecule has 28 heavy (non-hydrogen) atoms. The highest BCUT2D eigenvalue weighted by Crippen LogP contribution is 2.29. The smallest absolute Gasteiger partial charge is 0.373 e. The normalized spacial score (nSPS) is 10.1. The Morgan fingerprint density at radius 3 is 2.43 bits per heavy atom. The molecule has 0 bridgehead atoms. The first-order chi connectivity index (χ1) is 13.7. The van der Waals surface area contributed by atoms with Gasteiger partial charge in [-0.15, -0.1) is 5.10 Å². The molecule has 3 heterocycles. The maximum absolute atomic E-state index is 8.12. The minimum Gasteiger partial charge on any atom is -0.437 e. The molecule has 0 aliphatic carbocycles. The van der Waals surface area contributed by atoms with Crippen LogP contribution in [0.1, 0.15) is 18.2 Å². The van der Waals surface area contributed by atoms with Gasteiger partial charge in [0.25, 0.3) is 0 Å². The third-order valence-corrected chi connectivity index (χ3v) is 4.02. The highest BCUT2D eigenvalue weighted by molar-refractivity contribution is 5.66. The number of pyridine rings is 1. The van der Waals surface area contributed by atoms with Gasteiger partial charge >= 0.3 is 6.15 Å². The zero-order valence-electron chi connectivity index (χ0n) is 15.5. The first kappa shape index (κ1) is 18.9. The molecule has 0 aliphatic heterocycles. The van der Waals surface area contributed by atoms with Crippen LogP contribution in [0.3, 0.4) is 0 Å². The fourth-order valence-corrected chi connectivity index (χ4v) is 2.79. The fraction of sp³-hybridized carbons (Fsp3) is 0.143. The van der Waals surface area contributed by atoms with Crippen LogP contribution in [0.2, 0.25) is 0 Å². The Hall–Kier alpha value is -3.83. The molecule has 3 aromatic heterocycles. The summed E-state index contributed by atoms with van der Waals surface area (Å²) in [5, 5.41) is 4.62. The first-order valence-electron chi connectivity index (χ1n) is 8.70. The van der Waals surface area contributed by atoms with E-state index in [4.69, 9.17) is 14.3 Å². The van der Waals surface area contributed by atoms with Gasteiger partial charge in [0.1, 0.15) is 17.0 Å². The standard InChI is InChI=1S/C20H18N4O.CO2/c1-3-15-12-13-24-18(15)20(25-16-9-5-4-6-10-16)22-19(23-24)17-11-7-8-14(2)21-17;2-1-3/h4-13H,3H2,1-2H3;. The highest BCUT2D eigenvalue weighted by atomic mass is 16.5. The second kappa shape index (κ2) is 8.70. The fourth-order valence-electron chi connectivity index (χ4n) is 2.79. The summed E-state index contributed by atoms with van der Waals surface area (Å²) in [5.41, 5.74) is 3.69. The maximum atomic E-state index is 8.12. The third-order valence-electron chi connectivity index (χ3n) is 4.02. The topological polar surface area (TPSA) is 86.4 Å². The summed E-state index contributed by atoms with van der Waals surface area (Å²) in [6.45, 7) is 4.06. The van der Waals surface area contributed by atoms with Crippen LogP contribution in [-0.2, 0) is 16.0 Å². The zero-order valence-corrected chi connectivity index (χ0v) is 15.5. The van der Waals surface area contributed by atoms with E-state index < -0.39 is 0 Å². The molecule has 0 saturated carbocycles. The summed E-state index contributed by atoms with van der Waals surface area (Å²) < 4.78 is 7.91. The SMILES string of the molecule is CCc1ccn2nc(-c3cccc(C)n3)nc(Oc3ccccc3)c12.O=C=O. The number of carbonyl (C=O) groups excluding carboxylic acids is 2. The van der Waals surface area contributed by atoms with E-state index in [1.165, 1.54) is 0 Å². The Bertz CT molecular complexity index is 1120. The summed E-state index contributed by atoms with van der Waals surface area (Å²) >= 11 is 0. The first-order valence-corrected chi connectivity index (χ1v) is 8.70. The van der Waals surface area contributed by atoms with E-state index in [-0.39, 0.29) is 6.15 Å². The number of rotatable bonds is 4. The lowest BCUT2D eigenvalue weighted by Gasteiger charge is -2.10. The van der Waals surface area contributed by atoms with Crippen LogP contribution in [0.15, 0.2) is 60.8 Å². The van der Waals surface area contributed by atoms with E-state index in [9.17, 15) is 0 Å². The monoisotopic (exact) mass is 374 g/mol. The molecular formula is C21H18N4O3. The van der Waals surface area contributed by atoms with Crippen molar-refractivity contribution in [3.63, 3.8) is 0 Å². The van der Waals surface area contributed by atoms with Crippen molar-refractivity contribution >= 4 is 11.7 Å². The number of nitrogens with zero attached hydrogens (tertiary/aromatic N) is 4. The Morgan fingerprint density at radius 1 is 1.00 bits per heavy atom. The lowest BCUT2D eigenvalue weighted by atomic mass is 10.2. The van der Waals surface area contributed by atoms with Gasteiger partial charge in [-0.25, -0.2) is 9.50 Å². The summed E-state index contributed by atoms with van der Waals surface area (Å²) in [5.74, 6) is 1.83. The van der Waals surface area contributed by atoms with E-state index in [1.807, 2.05) is 66.2 Å². The number of aryl methyl sites for hydroxylation is 2. The molecule has 0 aliphatic rings. The Morgan fingerprint density at radius 2 is 1.75 bits per heavy atom. The van der Waals surface area contributed by atoms with E-state index in [1.54, 1.807) is 0 Å². The highest BCUT2D eigenvalue weighted by Gasteiger charge is 2.15. The van der Waals surface area contributed by atoms with E-state index in [0.717, 1.165) is 34.6 Å². The average molecular weight is 374 g/mol. The molecule has 4 aromatic rings. The lowest BCUT2D eigenvalue weighted by molar-refractivity contribution is -0.191. The summed E-state index contributed by atoms with van der Waals surface area (Å²) in [6.07, 6.45) is 3.07. The molecule has 7 nitrogen and oxygen atoms in total. The molecule has 0 saturated heterocycles. The summed E-state index contributed by atoms with van der Waals surface area (Å²) in [6, 6.07) is 17.5. The lowest BCUT2D eigenvalue weighted by Crippen LogP contribution is -2.03. The van der Waals surface area contributed by atoms with Crippen LogP contribution in [0.5, 0.6) is 11.6 Å². The minimum atomic E-state index is 0.250. The second-order valence-electron chi connectivity index (χ2n) is 5.89. The maximum Gasteiger partial charge on any atom is 0.373 e. The Kier molecular flexibility index (Phi) is 5.89. The largest absolute Gasteiger partial charge is 0.437 e. The summed E-state index contributed by atoms with van der Waals surface area (Å²) in [7, 11) is 0. The van der Waals surface area contributed by atoms with Crippen molar-refractivity contribution in [1.29, 1.82) is 0 Å². The van der Waals surface area contributed by atoms with Gasteiger partial charge in [-0.2, -0.15) is 14.6 Å². The molecule has 7 heteroatoms. The quantitative estimate of drug-likeness (QED) is 0.539. The molecule has 0 radical (unpaired) electrons. The van der Waals surface area contributed by atoms with Gasteiger partial charge in [0.2, 0.25) is 11.7 Å². The number of benzene rings is 1. The molecule has 0 amide bonds. The second-order valence-corrected chi connectivity index (χ2v) is 5.89. The van der Waals surface area contributed by atoms with Crippen molar-refractivity contribution in [2.45, 2.75) is 20.3 Å². The van der Waals surface area contributed by atoms with E-state index in [0.29, 0.717) is 11.7 Å².